The molecule has 2 rings (SSSR count). The Balaban J connectivity index is 1.58. The Morgan fingerprint density at radius 3 is 2.35 bits per heavy atom. The van der Waals surface area contributed by atoms with Gasteiger partial charge in [0, 0.05) is 25.6 Å². The largest absolute Gasteiger partial charge is 0.481 e. The first-order valence-electron chi connectivity index (χ1n) is 7.06. The molecule has 0 aromatic rings. The third-order valence-corrected chi connectivity index (χ3v) is 3.93. The van der Waals surface area contributed by atoms with Crippen LogP contribution in [0.15, 0.2) is 0 Å². The number of carboxylic acid groups (broad SMARTS) is 1. The van der Waals surface area contributed by atoms with Gasteiger partial charge in [-0.2, -0.15) is 0 Å². The zero-order valence-electron chi connectivity index (χ0n) is 11.4. The molecule has 0 spiro atoms. The van der Waals surface area contributed by atoms with Crippen molar-refractivity contribution in [2.24, 2.45) is 5.41 Å². The summed E-state index contributed by atoms with van der Waals surface area (Å²) in [7, 11) is 0. The summed E-state index contributed by atoms with van der Waals surface area (Å²) in [5.41, 5.74) is -0.791. The molecule has 2 saturated carbocycles. The first kappa shape index (κ1) is 14.6. The molecule has 0 aliphatic heterocycles. The van der Waals surface area contributed by atoms with E-state index >= 15 is 0 Å². The molecule has 0 heterocycles. The van der Waals surface area contributed by atoms with Crippen molar-refractivity contribution in [1.29, 1.82) is 0 Å². The van der Waals surface area contributed by atoms with E-state index in [1.165, 1.54) is 0 Å². The molecule has 2 aliphatic rings. The summed E-state index contributed by atoms with van der Waals surface area (Å²) in [5, 5.41) is 17.1. The number of carbonyl (C=O) groups excluding carboxylic acids is 2. The van der Waals surface area contributed by atoms with Crippen molar-refractivity contribution in [1.82, 2.24) is 16.0 Å². The van der Waals surface area contributed by atoms with E-state index in [4.69, 9.17) is 5.11 Å². The number of urea groups is 1. The lowest BCUT2D eigenvalue weighted by Crippen LogP contribution is -2.50. The van der Waals surface area contributed by atoms with Crippen molar-refractivity contribution in [2.45, 2.75) is 44.6 Å². The van der Waals surface area contributed by atoms with Crippen LogP contribution in [0, 0.1) is 5.41 Å². The summed E-state index contributed by atoms with van der Waals surface area (Å²) < 4.78 is 0. The van der Waals surface area contributed by atoms with Gasteiger partial charge in [-0.25, -0.2) is 4.79 Å². The number of carboxylic acids is 1. The van der Waals surface area contributed by atoms with Crippen LogP contribution in [-0.4, -0.2) is 42.1 Å². The summed E-state index contributed by atoms with van der Waals surface area (Å²) in [6, 6.07) is -0.0953. The lowest BCUT2D eigenvalue weighted by atomic mass is 9.69. The SMILES string of the molecule is O=C(CCNC(=O)NCC1(C(=O)O)CCC1)NC1CC1. The molecule has 0 radical (unpaired) electrons. The molecule has 0 aromatic heterocycles. The van der Waals surface area contributed by atoms with Gasteiger partial charge in [0.2, 0.25) is 5.91 Å². The molecular weight excluding hydrogens is 262 g/mol. The van der Waals surface area contributed by atoms with Gasteiger partial charge >= 0.3 is 12.0 Å². The first-order valence-corrected chi connectivity index (χ1v) is 7.06. The van der Waals surface area contributed by atoms with Gasteiger partial charge in [0.1, 0.15) is 0 Å². The van der Waals surface area contributed by atoms with E-state index in [2.05, 4.69) is 16.0 Å². The van der Waals surface area contributed by atoms with Crippen LogP contribution in [0.25, 0.3) is 0 Å². The number of hydrogen-bond acceptors (Lipinski definition) is 3. The van der Waals surface area contributed by atoms with Crippen LogP contribution in [0.3, 0.4) is 0 Å². The molecule has 2 aliphatic carbocycles. The van der Waals surface area contributed by atoms with E-state index in [-0.39, 0.29) is 25.4 Å². The molecule has 20 heavy (non-hydrogen) atoms. The highest BCUT2D eigenvalue weighted by atomic mass is 16.4. The van der Waals surface area contributed by atoms with Gasteiger partial charge in [-0.1, -0.05) is 6.42 Å². The second kappa shape index (κ2) is 6.11. The van der Waals surface area contributed by atoms with Crippen molar-refractivity contribution >= 4 is 17.9 Å². The lowest BCUT2D eigenvalue weighted by molar-refractivity contribution is -0.153. The summed E-state index contributed by atoms with van der Waals surface area (Å²) in [5.74, 6) is -0.915. The standard InChI is InChI=1S/C13H21N3O4/c17-10(16-9-2-3-9)4-7-14-12(20)15-8-13(11(18)19)5-1-6-13/h9H,1-8H2,(H,16,17)(H,18,19)(H2,14,15,20). The van der Waals surface area contributed by atoms with Crippen LogP contribution in [0.2, 0.25) is 0 Å². The van der Waals surface area contributed by atoms with Gasteiger partial charge in [0.15, 0.2) is 0 Å². The zero-order valence-corrected chi connectivity index (χ0v) is 11.4. The Kier molecular flexibility index (Phi) is 4.46. The smallest absolute Gasteiger partial charge is 0.314 e. The Morgan fingerprint density at radius 2 is 1.85 bits per heavy atom. The Bertz CT molecular complexity index is 402. The molecular formula is C13H21N3O4. The minimum absolute atomic E-state index is 0.0613. The van der Waals surface area contributed by atoms with E-state index < -0.39 is 17.4 Å². The molecule has 0 saturated heterocycles. The highest BCUT2D eigenvalue weighted by Crippen LogP contribution is 2.40. The summed E-state index contributed by atoms with van der Waals surface area (Å²) in [6.07, 6.45) is 4.41. The summed E-state index contributed by atoms with van der Waals surface area (Å²) in [6.45, 7) is 0.396. The lowest BCUT2D eigenvalue weighted by Gasteiger charge is -2.37. The molecule has 7 nitrogen and oxygen atoms in total. The molecule has 0 unspecified atom stereocenters. The fourth-order valence-corrected chi connectivity index (χ4v) is 2.20. The van der Waals surface area contributed by atoms with Crippen molar-refractivity contribution in [2.75, 3.05) is 13.1 Å². The maximum absolute atomic E-state index is 11.5. The quantitative estimate of drug-likeness (QED) is 0.535. The van der Waals surface area contributed by atoms with Crippen LogP contribution in [0.4, 0.5) is 4.79 Å². The first-order chi connectivity index (χ1) is 9.52. The Labute approximate surface area is 117 Å². The second-order valence-corrected chi connectivity index (χ2v) is 5.64. The molecule has 0 bridgehead atoms. The summed E-state index contributed by atoms with van der Waals surface area (Å²) >= 11 is 0. The average Bonchev–Trinajstić information content (AvgIpc) is 3.10. The fourth-order valence-electron chi connectivity index (χ4n) is 2.20. The number of carbonyl (C=O) groups is 3. The molecule has 3 amide bonds. The van der Waals surface area contributed by atoms with Crippen molar-refractivity contribution in [3.63, 3.8) is 0 Å². The van der Waals surface area contributed by atoms with Gasteiger partial charge in [0.25, 0.3) is 0 Å². The maximum atomic E-state index is 11.5. The summed E-state index contributed by atoms with van der Waals surface area (Å²) in [4.78, 5) is 34.0. The van der Waals surface area contributed by atoms with E-state index in [0.717, 1.165) is 19.3 Å². The minimum atomic E-state index is -0.854. The predicted molar refractivity (Wildman–Crippen MR) is 71.1 cm³/mol. The Hall–Kier alpha value is -1.79. The predicted octanol–water partition coefficient (Wildman–Crippen LogP) is 0.209. The number of rotatable bonds is 7. The van der Waals surface area contributed by atoms with Crippen LogP contribution in [0.5, 0.6) is 0 Å². The second-order valence-electron chi connectivity index (χ2n) is 5.64. The van der Waals surface area contributed by atoms with Gasteiger partial charge in [-0.15, -0.1) is 0 Å². The average molecular weight is 283 g/mol. The minimum Gasteiger partial charge on any atom is -0.481 e. The molecule has 112 valence electrons. The van der Waals surface area contributed by atoms with Gasteiger partial charge in [-0.3, -0.25) is 9.59 Å². The third-order valence-electron chi connectivity index (χ3n) is 3.93. The van der Waals surface area contributed by atoms with E-state index in [1.807, 2.05) is 0 Å². The van der Waals surface area contributed by atoms with Crippen molar-refractivity contribution < 1.29 is 19.5 Å². The molecule has 2 fully saturated rings. The van der Waals surface area contributed by atoms with Gasteiger partial charge in [-0.05, 0) is 25.7 Å². The number of nitrogens with one attached hydrogen (secondary N) is 3. The van der Waals surface area contributed by atoms with E-state index in [9.17, 15) is 14.4 Å². The zero-order chi connectivity index (χ0) is 14.6. The third kappa shape index (κ3) is 3.85. The van der Waals surface area contributed by atoms with Crippen LogP contribution < -0.4 is 16.0 Å². The van der Waals surface area contributed by atoms with Crippen LogP contribution in [0.1, 0.15) is 38.5 Å². The van der Waals surface area contributed by atoms with Crippen LogP contribution >= 0.6 is 0 Å². The number of hydrogen-bond donors (Lipinski definition) is 4. The number of amides is 3. The molecule has 0 atom stereocenters. The monoisotopic (exact) mass is 283 g/mol. The highest BCUT2D eigenvalue weighted by molar-refractivity contribution is 5.80. The molecule has 0 aromatic carbocycles. The topological polar surface area (TPSA) is 108 Å². The highest BCUT2D eigenvalue weighted by Gasteiger charge is 2.44. The Morgan fingerprint density at radius 1 is 1.15 bits per heavy atom. The van der Waals surface area contributed by atoms with Crippen molar-refractivity contribution in [3.05, 3.63) is 0 Å². The maximum Gasteiger partial charge on any atom is 0.314 e. The van der Waals surface area contributed by atoms with E-state index in [0.29, 0.717) is 18.9 Å². The molecule has 7 heteroatoms. The van der Waals surface area contributed by atoms with Gasteiger partial charge in [0.05, 0.1) is 5.41 Å². The normalized spacial score (nSPS) is 19.6. The van der Waals surface area contributed by atoms with Crippen molar-refractivity contribution in [3.8, 4) is 0 Å². The van der Waals surface area contributed by atoms with Crippen LogP contribution in [-0.2, 0) is 9.59 Å². The molecule has 4 N–H and O–H groups in total. The number of aliphatic carboxylic acids is 1. The van der Waals surface area contributed by atoms with Gasteiger partial charge < -0.3 is 21.1 Å². The van der Waals surface area contributed by atoms with E-state index in [1.54, 1.807) is 0 Å². The fraction of sp³-hybridized carbons (Fsp3) is 0.769.